The maximum atomic E-state index is 11.7. The molecule has 1 heterocycles. The molecular formula is C11H22N2O3. The van der Waals surface area contributed by atoms with Gasteiger partial charge < -0.3 is 20.1 Å². The minimum atomic E-state index is -0.175. The normalized spacial score (nSPS) is 17.6. The average Bonchev–Trinajstić information content (AvgIpc) is 2.30. The van der Waals surface area contributed by atoms with Gasteiger partial charge in [0.1, 0.15) is 0 Å². The Kier molecular flexibility index (Phi) is 5.18. The summed E-state index contributed by atoms with van der Waals surface area (Å²) >= 11 is 0. The molecule has 94 valence electrons. The Morgan fingerprint density at radius 1 is 1.44 bits per heavy atom. The molecule has 1 fully saturated rings. The molecule has 16 heavy (non-hydrogen) atoms. The SMILES string of the molecule is CC(C)(CO)CNCC(=O)N1CCOCC1. The van der Waals surface area contributed by atoms with Crippen LogP contribution in [0.3, 0.4) is 0 Å². The second-order valence-electron chi connectivity index (χ2n) is 4.92. The van der Waals surface area contributed by atoms with Crippen molar-refractivity contribution in [1.29, 1.82) is 0 Å². The molecule has 0 aliphatic carbocycles. The van der Waals surface area contributed by atoms with E-state index in [0.29, 0.717) is 39.4 Å². The van der Waals surface area contributed by atoms with Crippen molar-refractivity contribution in [1.82, 2.24) is 10.2 Å². The summed E-state index contributed by atoms with van der Waals surface area (Å²) in [6.45, 7) is 7.64. The number of nitrogens with one attached hydrogen (secondary N) is 1. The lowest BCUT2D eigenvalue weighted by atomic mass is 9.95. The van der Waals surface area contributed by atoms with Crippen LogP contribution in [0.5, 0.6) is 0 Å². The van der Waals surface area contributed by atoms with E-state index in [1.807, 2.05) is 18.7 Å². The van der Waals surface area contributed by atoms with Gasteiger partial charge in [0.25, 0.3) is 0 Å². The Hall–Kier alpha value is -0.650. The Labute approximate surface area is 96.8 Å². The first-order valence-electron chi connectivity index (χ1n) is 5.72. The van der Waals surface area contributed by atoms with Gasteiger partial charge in [0, 0.05) is 31.7 Å². The molecule has 1 rings (SSSR count). The van der Waals surface area contributed by atoms with Crippen LogP contribution in [-0.4, -0.2) is 61.9 Å². The van der Waals surface area contributed by atoms with E-state index < -0.39 is 0 Å². The maximum Gasteiger partial charge on any atom is 0.236 e. The number of ether oxygens (including phenoxy) is 1. The number of rotatable bonds is 5. The van der Waals surface area contributed by atoms with Crippen LogP contribution in [0.1, 0.15) is 13.8 Å². The highest BCUT2D eigenvalue weighted by atomic mass is 16.5. The Bertz CT molecular complexity index is 225. The molecule has 0 saturated carbocycles. The second-order valence-corrected chi connectivity index (χ2v) is 4.92. The summed E-state index contributed by atoms with van der Waals surface area (Å²) in [5.74, 6) is 0.108. The highest BCUT2D eigenvalue weighted by molar-refractivity contribution is 5.78. The predicted molar refractivity (Wildman–Crippen MR) is 61.1 cm³/mol. The van der Waals surface area contributed by atoms with Gasteiger partial charge in [0.2, 0.25) is 5.91 Å². The molecule has 1 saturated heterocycles. The summed E-state index contributed by atoms with van der Waals surface area (Å²) in [7, 11) is 0. The zero-order valence-corrected chi connectivity index (χ0v) is 10.2. The number of aliphatic hydroxyl groups excluding tert-OH is 1. The lowest BCUT2D eigenvalue weighted by molar-refractivity contribution is -0.134. The van der Waals surface area contributed by atoms with Crippen LogP contribution in [0.25, 0.3) is 0 Å². The highest BCUT2D eigenvalue weighted by Crippen LogP contribution is 2.10. The third-order valence-corrected chi connectivity index (χ3v) is 2.67. The number of amides is 1. The van der Waals surface area contributed by atoms with Crippen molar-refractivity contribution in [2.75, 3.05) is 46.0 Å². The van der Waals surface area contributed by atoms with Crippen molar-refractivity contribution in [3.05, 3.63) is 0 Å². The van der Waals surface area contributed by atoms with Gasteiger partial charge in [-0.05, 0) is 0 Å². The lowest BCUT2D eigenvalue weighted by Crippen LogP contribution is -2.46. The van der Waals surface area contributed by atoms with Crippen LogP contribution >= 0.6 is 0 Å². The van der Waals surface area contributed by atoms with Gasteiger partial charge >= 0.3 is 0 Å². The molecule has 0 aromatic heterocycles. The molecule has 2 N–H and O–H groups in total. The van der Waals surface area contributed by atoms with E-state index in [2.05, 4.69) is 5.32 Å². The largest absolute Gasteiger partial charge is 0.396 e. The van der Waals surface area contributed by atoms with Crippen molar-refractivity contribution in [2.24, 2.45) is 5.41 Å². The fraction of sp³-hybridized carbons (Fsp3) is 0.909. The van der Waals surface area contributed by atoms with Crippen molar-refractivity contribution in [3.8, 4) is 0 Å². The quantitative estimate of drug-likeness (QED) is 0.665. The van der Waals surface area contributed by atoms with Crippen molar-refractivity contribution in [2.45, 2.75) is 13.8 Å². The zero-order chi connectivity index (χ0) is 12.0. The van der Waals surface area contributed by atoms with Crippen LogP contribution in [0.15, 0.2) is 0 Å². The third kappa shape index (κ3) is 4.47. The number of carbonyl (C=O) groups is 1. The fourth-order valence-corrected chi connectivity index (χ4v) is 1.49. The molecule has 0 unspecified atom stereocenters. The number of carbonyl (C=O) groups excluding carboxylic acids is 1. The van der Waals surface area contributed by atoms with Crippen LogP contribution < -0.4 is 5.32 Å². The van der Waals surface area contributed by atoms with E-state index in [0.717, 1.165) is 0 Å². The molecule has 0 aromatic carbocycles. The lowest BCUT2D eigenvalue weighted by Gasteiger charge is -2.28. The fourth-order valence-electron chi connectivity index (χ4n) is 1.49. The number of aliphatic hydroxyl groups is 1. The molecule has 5 nitrogen and oxygen atoms in total. The van der Waals surface area contributed by atoms with Crippen LogP contribution in [0.2, 0.25) is 0 Å². The zero-order valence-electron chi connectivity index (χ0n) is 10.2. The maximum absolute atomic E-state index is 11.7. The van der Waals surface area contributed by atoms with E-state index in [-0.39, 0.29) is 17.9 Å². The van der Waals surface area contributed by atoms with Crippen molar-refractivity contribution in [3.63, 3.8) is 0 Å². The van der Waals surface area contributed by atoms with Crippen LogP contribution in [0, 0.1) is 5.41 Å². The summed E-state index contributed by atoms with van der Waals surface area (Å²) in [5, 5.41) is 12.1. The monoisotopic (exact) mass is 230 g/mol. The molecular weight excluding hydrogens is 208 g/mol. The average molecular weight is 230 g/mol. The van der Waals surface area contributed by atoms with Crippen molar-refractivity contribution >= 4 is 5.91 Å². The van der Waals surface area contributed by atoms with Gasteiger partial charge in [-0.2, -0.15) is 0 Å². The van der Waals surface area contributed by atoms with Crippen LogP contribution in [-0.2, 0) is 9.53 Å². The van der Waals surface area contributed by atoms with Gasteiger partial charge in [-0.15, -0.1) is 0 Å². The number of nitrogens with zero attached hydrogens (tertiary/aromatic N) is 1. The minimum absolute atomic E-state index is 0.108. The Balaban J connectivity index is 2.19. The topological polar surface area (TPSA) is 61.8 Å². The number of hydrogen-bond donors (Lipinski definition) is 2. The minimum Gasteiger partial charge on any atom is -0.396 e. The van der Waals surface area contributed by atoms with E-state index in [9.17, 15) is 4.79 Å². The van der Waals surface area contributed by atoms with E-state index in [1.54, 1.807) is 0 Å². The molecule has 0 spiro atoms. The second kappa shape index (κ2) is 6.18. The van der Waals surface area contributed by atoms with Gasteiger partial charge in [-0.25, -0.2) is 0 Å². The number of hydrogen-bond acceptors (Lipinski definition) is 4. The molecule has 1 amide bonds. The first-order chi connectivity index (χ1) is 7.55. The smallest absolute Gasteiger partial charge is 0.236 e. The molecule has 0 radical (unpaired) electrons. The van der Waals surface area contributed by atoms with Crippen molar-refractivity contribution < 1.29 is 14.6 Å². The van der Waals surface area contributed by atoms with Gasteiger partial charge in [-0.3, -0.25) is 4.79 Å². The Morgan fingerprint density at radius 3 is 2.62 bits per heavy atom. The van der Waals surface area contributed by atoms with E-state index in [1.165, 1.54) is 0 Å². The standard InChI is InChI=1S/C11H22N2O3/c1-11(2,9-14)8-12-7-10(15)13-3-5-16-6-4-13/h12,14H,3-9H2,1-2H3. The van der Waals surface area contributed by atoms with Crippen LogP contribution in [0.4, 0.5) is 0 Å². The van der Waals surface area contributed by atoms with E-state index in [4.69, 9.17) is 9.84 Å². The van der Waals surface area contributed by atoms with Gasteiger partial charge in [0.15, 0.2) is 0 Å². The molecule has 1 aliphatic rings. The first kappa shape index (κ1) is 13.4. The summed E-state index contributed by atoms with van der Waals surface area (Å²) in [6, 6.07) is 0. The summed E-state index contributed by atoms with van der Waals surface area (Å²) in [5.41, 5.74) is -0.175. The molecule has 1 aliphatic heterocycles. The molecule has 0 bridgehead atoms. The highest BCUT2D eigenvalue weighted by Gasteiger charge is 2.19. The molecule has 0 atom stereocenters. The summed E-state index contributed by atoms with van der Waals surface area (Å²) < 4.78 is 5.18. The van der Waals surface area contributed by atoms with Gasteiger partial charge in [-0.1, -0.05) is 13.8 Å². The number of morpholine rings is 1. The summed E-state index contributed by atoms with van der Waals surface area (Å²) in [6.07, 6.45) is 0. The van der Waals surface area contributed by atoms with E-state index >= 15 is 0 Å². The summed E-state index contributed by atoms with van der Waals surface area (Å²) in [4.78, 5) is 13.5. The molecule has 5 heteroatoms. The van der Waals surface area contributed by atoms with Gasteiger partial charge in [0.05, 0.1) is 19.8 Å². The molecule has 0 aromatic rings. The first-order valence-corrected chi connectivity index (χ1v) is 5.72. The third-order valence-electron chi connectivity index (χ3n) is 2.67. The predicted octanol–water partition coefficient (Wildman–Crippen LogP) is -0.547. The Morgan fingerprint density at radius 2 is 2.06 bits per heavy atom.